The molecule has 5 nitrogen and oxygen atoms in total. The lowest BCUT2D eigenvalue weighted by Crippen LogP contribution is -2.12. The molecular formula is C20H26ClN3O2S. The topological polar surface area (TPSA) is 64.1 Å². The van der Waals surface area contributed by atoms with Gasteiger partial charge in [-0.05, 0) is 56.4 Å². The molecule has 0 saturated heterocycles. The molecule has 0 spiro atoms. The van der Waals surface area contributed by atoms with Crippen molar-refractivity contribution in [1.82, 2.24) is 10.2 Å². The highest BCUT2D eigenvalue weighted by Gasteiger charge is 2.20. The molecule has 1 saturated carbocycles. The van der Waals surface area contributed by atoms with Gasteiger partial charge in [-0.15, -0.1) is 10.2 Å². The van der Waals surface area contributed by atoms with E-state index in [-0.39, 0.29) is 5.91 Å². The quantitative estimate of drug-likeness (QED) is 0.602. The molecule has 1 aromatic heterocycles. The molecule has 27 heavy (non-hydrogen) atoms. The number of halogens is 1. The molecule has 1 aromatic carbocycles. The summed E-state index contributed by atoms with van der Waals surface area (Å²) < 4.78 is 5.74. The van der Waals surface area contributed by atoms with E-state index in [1.807, 2.05) is 26.0 Å². The van der Waals surface area contributed by atoms with Crippen LogP contribution in [0.5, 0.6) is 5.75 Å². The Balaban J connectivity index is 1.40. The summed E-state index contributed by atoms with van der Waals surface area (Å²) in [5.41, 5.74) is 1.99. The van der Waals surface area contributed by atoms with Crippen LogP contribution in [0.15, 0.2) is 12.1 Å². The van der Waals surface area contributed by atoms with Crippen molar-refractivity contribution in [3.8, 4) is 5.75 Å². The molecule has 3 rings (SSSR count). The van der Waals surface area contributed by atoms with E-state index >= 15 is 0 Å². The number of nitrogens with one attached hydrogen (secondary N) is 1. The molecule has 0 radical (unpaired) electrons. The fourth-order valence-corrected chi connectivity index (χ4v) is 4.43. The van der Waals surface area contributed by atoms with Gasteiger partial charge < -0.3 is 10.1 Å². The summed E-state index contributed by atoms with van der Waals surface area (Å²) in [5, 5.41) is 13.7. The molecule has 1 N–H and O–H groups in total. The highest BCUT2D eigenvalue weighted by molar-refractivity contribution is 7.15. The van der Waals surface area contributed by atoms with Crippen LogP contribution in [0.4, 0.5) is 5.13 Å². The lowest BCUT2D eigenvalue weighted by atomic mass is 9.90. The van der Waals surface area contributed by atoms with E-state index in [1.54, 1.807) is 0 Å². The number of rotatable bonds is 7. The third-order valence-electron chi connectivity index (χ3n) is 4.87. The number of amides is 1. The lowest BCUT2D eigenvalue weighted by molar-refractivity contribution is -0.116. The summed E-state index contributed by atoms with van der Waals surface area (Å²) in [5.74, 6) is 1.26. The lowest BCUT2D eigenvalue weighted by Gasteiger charge is -2.18. The van der Waals surface area contributed by atoms with Gasteiger partial charge in [-0.3, -0.25) is 4.79 Å². The highest BCUT2D eigenvalue weighted by atomic mass is 35.5. The van der Waals surface area contributed by atoms with Gasteiger partial charge in [0.25, 0.3) is 0 Å². The molecule has 1 amide bonds. The van der Waals surface area contributed by atoms with Gasteiger partial charge in [0.05, 0.1) is 6.61 Å². The van der Waals surface area contributed by atoms with E-state index in [1.165, 1.54) is 43.4 Å². The normalized spacial score (nSPS) is 14.9. The molecular weight excluding hydrogens is 382 g/mol. The van der Waals surface area contributed by atoms with Gasteiger partial charge in [-0.25, -0.2) is 0 Å². The fourth-order valence-electron chi connectivity index (χ4n) is 3.39. The number of hydrogen-bond acceptors (Lipinski definition) is 5. The molecule has 1 aliphatic rings. The summed E-state index contributed by atoms with van der Waals surface area (Å²) in [7, 11) is 0. The zero-order valence-corrected chi connectivity index (χ0v) is 17.5. The summed E-state index contributed by atoms with van der Waals surface area (Å²) in [6.07, 6.45) is 7.24. The first-order valence-electron chi connectivity index (χ1n) is 9.55. The van der Waals surface area contributed by atoms with E-state index in [4.69, 9.17) is 16.3 Å². The standard InChI is InChI=1S/C20H26ClN3O2S/c1-13-11-16(12-14(2)18(13)21)26-10-6-9-17(25)22-20-24-23-19(27-20)15-7-4-3-5-8-15/h11-12,15H,3-10H2,1-2H3,(H,22,24,25). The number of ether oxygens (including phenoxy) is 1. The minimum atomic E-state index is -0.0478. The van der Waals surface area contributed by atoms with E-state index in [0.29, 0.717) is 30.5 Å². The summed E-state index contributed by atoms with van der Waals surface area (Å²) in [6, 6.07) is 3.84. The Bertz CT molecular complexity index is 764. The maximum atomic E-state index is 12.1. The molecule has 2 aromatic rings. The minimum Gasteiger partial charge on any atom is -0.494 e. The molecule has 146 valence electrons. The van der Waals surface area contributed by atoms with Gasteiger partial charge in [0.2, 0.25) is 11.0 Å². The predicted octanol–water partition coefficient (Wildman–Crippen LogP) is 5.65. The first-order chi connectivity index (χ1) is 13.0. The molecule has 1 heterocycles. The van der Waals surface area contributed by atoms with Crippen molar-refractivity contribution in [2.75, 3.05) is 11.9 Å². The van der Waals surface area contributed by atoms with Crippen LogP contribution in [0.25, 0.3) is 0 Å². The van der Waals surface area contributed by atoms with Crippen molar-refractivity contribution in [1.29, 1.82) is 0 Å². The van der Waals surface area contributed by atoms with Crippen LogP contribution < -0.4 is 10.1 Å². The van der Waals surface area contributed by atoms with Crippen LogP contribution in [-0.2, 0) is 4.79 Å². The number of aromatic nitrogens is 2. The average molecular weight is 408 g/mol. The number of anilines is 1. The van der Waals surface area contributed by atoms with E-state index in [9.17, 15) is 4.79 Å². The largest absolute Gasteiger partial charge is 0.494 e. The Hall–Kier alpha value is -1.66. The van der Waals surface area contributed by atoms with Crippen molar-refractivity contribution in [3.05, 3.63) is 33.3 Å². The van der Waals surface area contributed by atoms with E-state index in [0.717, 1.165) is 26.9 Å². The SMILES string of the molecule is Cc1cc(OCCCC(=O)Nc2nnc(C3CCCCC3)s2)cc(C)c1Cl. The summed E-state index contributed by atoms with van der Waals surface area (Å²) in [6.45, 7) is 4.40. The third-order valence-corrected chi connectivity index (χ3v) is 6.47. The maximum absolute atomic E-state index is 12.1. The number of carbonyl (C=O) groups is 1. The second-order valence-corrected chi connectivity index (χ2v) is 8.54. The zero-order valence-electron chi connectivity index (χ0n) is 15.9. The Morgan fingerprint density at radius 2 is 1.93 bits per heavy atom. The number of carbonyl (C=O) groups excluding carboxylic acids is 1. The molecule has 0 bridgehead atoms. The molecule has 1 fully saturated rings. The fraction of sp³-hybridized carbons (Fsp3) is 0.550. The number of nitrogens with zero attached hydrogens (tertiary/aromatic N) is 2. The molecule has 0 unspecified atom stereocenters. The van der Waals surface area contributed by atoms with Crippen LogP contribution in [0.1, 0.15) is 67.0 Å². The second kappa shape index (κ2) is 9.51. The molecule has 1 aliphatic carbocycles. The smallest absolute Gasteiger partial charge is 0.226 e. The molecule has 0 aliphatic heterocycles. The number of aryl methyl sites for hydroxylation is 2. The maximum Gasteiger partial charge on any atom is 0.226 e. The van der Waals surface area contributed by atoms with Crippen molar-refractivity contribution in [2.24, 2.45) is 0 Å². The Kier molecular flexibility index (Phi) is 7.07. The van der Waals surface area contributed by atoms with Gasteiger partial charge >= 0.3 is 0 Å². The van der Waals surface area contributed by atoms with Crippen LogP contribution in [-0.4, -0.2) is 22.7 Å². The van der Waals surface area contributed by atoms with Crippen LogP contribution >= 0.6 is 22.9 Å². The number of benzene rings is 1. The Morgan fingerprint density at radius 3 is 2.63 bits per heavy atom. The first kappa shape index (κ1) is 20.1. The zero-order chi connectivity index (χ0) is 19.2. The predicted molar refractivity (Wildman–Crippen MR) is 110 cm³/mol. The van der Waals surface area contributed by atoms with Crippen molar-refractivity contribution < 1.29 is 9.53 Å². The summed E-state index contributed by atoms with van der Waals surface area (Å²) >= 11 is 7.67. The first-order valence-corrected chi connectivity index (χ1v) is 10.7. The van der Waals surface area contributed by atoms with Crippen molar-refractivity contribution >= 4 is 34.0 Å². The second-order valence-electron chi connectivity index (χ2n) is 7.15. The average Bonchev–Trinajstić information content (AvgIpc) is 3.12. The minimum absolute atomic E-state index is 0.0478. The van der Waals surface area contributed by atoms with E-state index in [2.05, 4.69) is 15.5 Å². The van der Waals surface area contributed by atoms with Crippen molar-refractivity contribution in [3.63, 3.8) is 0 Å². The van der Waals surface area contributed by atoms with Crippen molar-refractivity contribution in [2.45, 2.75) is 64.7 Å². The van der Waals surface area contributed by atoms with Crippen LogP contribution in [0.2, 0.25) is 5.02 Å². The highest BCUT2D eigenvalue weighted by Crippen LogP contribution is 2.35. The van der Waals surface area contributed by atoms with Gasteiger partial charge in [-0.2, -0.15) is 0 Å². The van der Waals surface area contributed by atoms with E-state index < -0.39 is 0 Å². The monoisotopic (exact) mass is 407 g/mol. The molecule has 7 heteroatoms. The third kappa shape index (κ3) is 5.66. The number of hydrogen-bond donors (Lipinski definition) is 1. The Labute approximate surface area is 169 Å². The molecule has 0 atom stereocenters. The van der Waals surface area contributed by atoms with Gasteiger partial charge in [-0.1, -0.05) is 42.2 Å². The van der Waals surface area contributed by atoms with Gasteiger partial charge in [0, 0.05) is 17.4 Å². The van der Waals surface area contributed by atoms with Gasteiger partial charge in [0.15, 0.2) is 0 Å². The van der Waals surface area contributed by atoms with Crippen LogP contribution in [0, 0.1) is 13.8 Å². The Morgan fingerprint density at radius 1 is 1.22 bits per heavy atom. The van der Waals surface area contributed by atoms with Crippen LogP contribution in [0.3, 0.4) is 0 Å². The summed E-state index contributed by atoms with van der Waals surface area (Å²) in [4.78, 5) is 12.1. The van der Waals surface area contributed by atoms with Gasteiger partial charge in [0.1, 0.15) is 10.8 Å².